The molecule has 0 saturated heterocycles. The molecule has 1 aromatic carbocycles. The van der Waals surface area contributed by atoms with Crippen LogP contribution in [0.15, 0.2) is 18.2 Å². The van der Waals surface area contributed by atoms with Crippen molar-refractivity contribution in [1.29, 1.82) is 0 Å². The van der Waals surface area contributed by atoms with Crippen LogP contribution in [0, 0.1) is 6.92 Å². The van der Waals surface area contributed by atoms with Gasteiger partial charge < -0.3 is 9.84 Å². The van der Waals surface area contributed by atoms with Gasteiger partial charge in [-0.1, -0.05) is 17.7 Å². The number of rotatable bonds is 6. The molecule has 0 radical (unpaired) electrons. The third-order valence-electron chi connectivity index (χ3n) is 2.13. The summed E-state index contributed by atoms with van der Waals surface area (Å²) in [5, 5.41) is 9.04. The molecule has 1 N–H and O–H groups in total. The zero-order valence-electron chi connectivity index (χ0n) is 9.20. The minimum atomic E-state index is -0.770. The Hall–Kier alpha value is -1.22. The van der Waals surface area contributed by atoms with Crippen LogP contribution in [0.25, 0.3) is 0 Å². The van der Waals surface area contributed by atoms with E-state index in [0.717, 1.165) is 12.0 Å². The van der Waals surface area contributed by atoms with Gasteiger partial charge in [0, 0.05) is 6.42 Å². The van der Waals surface area contributed by atoms with Crippen molar-refractivity contribution in [3.8, 4) is 5.75 Å². The molecule has 1 aromatic rings. The molecule has 4 heteroatoms. The number of aryl methyl sites for hydroxylation is 1. The van der Waals surface area contributed by atoms with Crippen LogP contribution in [-0.4, -0.2) is 17.7 Å². The van der Waals surface area contributed by atoms with E-state index in [2.05, 4.69) is 0 Å². The van der Waals surface area contributed by atoms with E-state index < -0.39 is 5.97 Å². The molecule has 0 saturated carbocycles. The Bertz CT molecular complexity index is 363. The van der Waals surface area contributed by atoms with Gasteiger partial charge in [0.1, 0.15) is 5.75 Å². The van der Waals surface area contributed by atoms with Crippen LogP contribution in [-0.2, 0) is 4.79 Å². The number of ether oxygens (including phenoxy) is 1. The highest BCUT2D eigenvalue weighted by Gasteiger charge is 2.01. The Morgan fingerprint density at radius 1 is 1.44 bits per heavy atom. The number of carboxylic acid groups (broad SMARTS) is 1. The summed E-state index contributed by atoms with van der Waals surface area (Å²) in [6.07, 6.45) is 1.53. The Kier molecular flexibility index (Phi) is 5.12. The maximum absolute atomic E-state index is 10.3. The first-order valence-electron chi connectivity index (χ1n) is 5.20. The molecule has 1 rings (SSSR count). The highest BCUT2D eigenvalue weighted by atomic mass is 35.5. The average Bonchev–Trinajstić information content (AvgIpc) is 2.20. The van der Waals surface area contributed by atoms with E-state index in [1.165, 1.54) is 0 Å². The van der Waals surface area contributed by atoms with E-state index in [1.54, 1.807) is 0 Å². The third kappa shape index (κ3) is 4.53. The van der Waals surface area contributed by atoms with E-state index in [0.29, 0.717) is 23.8 Å². The fourth-order valence-corrected chi connectivity index (χ4v) is 1.57. The van der Waals surface area contributed by atoms with Crippen LogP contribution >= 0.6 is 11.6 Å². The summed E-state index contributed by atoms with van der Waals surface area (Å²) < 4.78 is 5.45. The number of unbranched alkanes of at least 4 members (excludes halogenated alkanes) is 1. The molecule has 3 nitrogen and oxygen atoms in total. The van der Waals surface area contributed by atoms with Crippen molar-refractivity contribution in [3.05, 3.63) is 28.8 Å². The standard InChI is InChI=1S/C12H15ClO3/c1-9-5-6-11(10(13)8-9)16-7-3-2-4-12(14)15/h5-6,8H,2-4,7H2,1H3,(H,14,15). The molecule has 0 atom stereocenters. The Morgan fingerprint density at radius 2 is 2.19 bits per heavy atom. The summed E-state index contributed by atoms with van der Waals surface area (Å²) in [7, 11) is 0. The maximum Gasteiger partial charge on any atom is 0.303 e. The highest BCUT2D eigenvalue weighted by Crippen LogP contribution is 2.25. The van der Waals surface area contributed by atoms with Crippen molar-refractivity contribution >= 4 is 17.6 Å². The van der Waals surface area contributed by atoms with Crippen LogP contribution in [0.1, 0.15) is 24.8 Å². The molecular weight excluding hydrogens is 228 g/mol. The summed E-state index contributed by atoms with van der Waals surface area (Å²) >= 11 is 5.97. The first-order chi connectivity index (χ1) is 7.59. The SMILES string of the molecule is Cc1ccc(OCCCCC(=O)O)c(Cl)c1. The molecule has 88 valence electrons. The minimum absolute atomic E-state index is 0.186. The van der Waals surface area contributed by atoms with Gasteiger partial charge in [-0.3, -0.25) is 4.79 Å². The lowest BCUT2D eigenvalue weighted by molar-refractivity contribution is -0.137. The maximum atomic E-state index is 10.3. The number of carbonyl (C=O) groups is 1. The predicted molar refractivity (Wildman–Crippen MR) is 63.2 cm³/mol. The van der Waals surface area contributed by atoms with Crippen molar-refractivity contribution in [2.75, 3.05) is 6.61 Å². The third-order valence-corrected chi connectivity index (χ3v) is 2.43. The summed E-state index contributed by atoms with van der Waals surface area (Å²) in [5.74, 6) is -0.115. The molecular formula is C12H15ClO3. The van der Waals surface area contributed by atoms with E-state index in [-0.39, 0.29) is 6.42 Å². The molecule has 0 fully saturated rings. The summed E-state index contributed by atoms with van der Waals surface area (Å²) in [6, 6.07) is 5.60. The average molecular weight is 243 g/mol. The second-order valence-corrected chi connectivity index (χ2v) is 4.04. The number of hydrogen-bond acceptors (Lipinski definition) is 2. The van der Waals surface area contributed by atoms with Gasteiger partial charge in [-0.05, 0) is 37.5 Å². The van der Waals surface area contributed by atoms with Crippen LogP contribution in [0.3, 0.4) is 0 Å². The molecule has 0 unspecified atom stereocenters. The topological polar surface area (TPSA) is 46.5 Å². The fraction of sp³-hybridized carbons (Fsp3) is 0.417. The van der Waals surface area contributed by atoms with Crippen LogP contribution in [0.4, 0.5) is 0 Å². The Balaban J connectivity index is 2.29. The van der Waals surface area contributed by atoms with E-state index >= 15 is 0 Å². The normalized spacial score (nSPS) is 10.1. The monoisotopic (exact) mass is 242 g/mol. The lowest BCUT2D eigenvalue weighted by atomic mass is 10.2. The number of hydrogen-bond donors (Lipinski definition) is 1. The Morgan fingerprint density at radius 3 is 2.81 bits per heavy atom. The van der Waals surface area contributed by atoms with Crippen LogP contribution < -0.4 is 4.74 Å². The van der Waals surface area contributed by atoms with Crippen LogP contribution in [0.2, 0.25) is 5.02 Å². The molecule has 0 aliphatic rings. The minimum Gasteiger partial charge on any atom is -0.492 e. The number of benzene rings is 1. The fourth-order valence-electron chi connectivity index (χ4n) is 1.28. The molecule has 0 bridgehead atoms. The van der Waals surface area contributed by atoms with Gasteiger partial charge in [0.2, 0.25) is 0 Å². The lowest BCUT2D eigenvalue weighted by Gasteiger charge is -2.07. The molecule has 0 aromatic heterocycles. The first-order valence-corrected chi connectivity index (χ1v) is 5.58. The zero-order valence-corrected chi connectivity index (χ0v) is 9.96. The van der Waals surface area contributed by atoms with Gasteiger partial charge in [0.25, 0.3) is 0 Å². The molecule has 0 spiro atoms. The largest absolute Gasteiger partial charge is 0.492 e. The quantitative estimate of drug-likeness (QED) is 0.779. The molecule has 0 aliphatic carbocycles. The molecule has 0 heterocycles. The van der Waals surface area contributed by atoms with Gasteiger partial charge >= 0.3 is 5.97 Å². The lowest BCUT2D eigenvalue weighted by Crippen LogP contribution is -2.00. The van der Waals surface area contributed by atoms with E-state index in [9.17, 15) is 4.79 Å². The predicted octanol–water partition coefficient (Wildman–Crippen LogP) is 3.28. The van der Waals surface area contributed by atoms with Gasteiger partial charge in [-0.15, -0.1) is 0 Å². The van der Waals surface area contributed by atoms with Gasteiger partial charge in [0.15, 0.2) is 0 Å². The Labute approximate surface area is 100.0 Å². The first kappa shape index (κ1) is 12.8. The van der Waals surface area contributed by atoms with Crippen molar-refractivity contribution in [2.24, 2.45) is 0 Å². The molecule has 0 aliphatic heterocycles. The van der Waals surface area contributed by atoms with Crippen molar-refractivity contribution < 1.29 is 14.6 Å². The van der Waals surface area contributed by atoms with E-state index in [4.69, 9.17) is 21.4 Å². The highest BCUT2D eigenvalue weighted by molar-refractivity contribution is 6.32. The van der Waals surface area contributed by atoms with Crippen molar-refractivity contribution in [3.63, 3.8) is 0 Å². The van der Waals surface area contributed by atoms with Gasteiger partial charge in [-0.2, -0.15) is 0 Å². The second-order valence-electron chi connectivity index (χ2n) is 3.63. The number of halogens is 1. The summed E-state index contributed by atoms with van der Waals surface area (Å²) in [5.41, 5.74) is 1.09. The zero-order chi connectivity index (χ0) is 12.0. The summed E-state index contributed by atoms with van der Waals surface area (Å²) in [4.78, 5) is 10.3. The second kappa shape index (κ2) is 6.38. The van der Waals surface area contributed by atoms with E-state index in [1.807, 2.05) is 25.1 Å². The van der Waals surface area contributed by atoms with Crippen molar-refractivity contribution in [2.45, 2.75) is 26.2 Å². The van der Waals surface area contributed by atoms with Crippen LogP contribution in [0.5, 0.6) is 5.75 Å². The number of carboxylic acids is 1. The van der Waals surface area contributed by atoms with Gasteiger partial charge in [-0.25, -0.2) is 0 Å². The van der Waals surface area contributed by atoms with Gasteiger partial charge in [0.05, 0.1) is 11.6 Å². The van der Waals surface area contributed by atoms with Crippen molar-refractivity contribution in [1.82, 2.24) is 0 Å². The number of aliphatic carboxylic acids is 1. The summed E-state index contributed by atoms with van der Waals surface area (Å²) in [6.45, 7) is 2.46. The smallest absolute Gasteiger partial charge is 0.303 e. The molecule has 0 amide bonds. The molecule has 16 heavy (non-hydrogen) atoms.